The van der Waals surface area contributed by atoms with Crippen LogP contribution in [-0.4, -0.2) is 6.08 Å². The van der Waals surface area contributed by atoms with Crippen LogP contribution in [0.5, 0.6) is 0 Å². The van der Waals surface area contributed by atoms with Crippen LogP contribution in [0.25, 0.3) is 0 Å². The second-order valence-electron chi connectivity index (χ2n) is 2.69. The van der Waals surface area contributed by atoms with Gasteiger partial charge in [-0.05, 0) is 23.6 Å². The van der Waals surface area contributed by atoms with Gasteiger partial charge in [0.2, 0.25) is 6.08 Å². The number of rotatable bonds is 3. The summed E-state index contributed by atoms with van der Waals surface area (Å²) in [4.78, 5) is 13.4. The van der Waals surface area contributed by atoms with Gasteiger partial charge in [-0.15, -0.1) is 0 Å². The molecule has 68 valence electrons. The van der Waals surface area contributed by atoms with Gasteiger partial charge in [-0.25, -0.2) is 9.79 Å². The minimum Gasteiger partial charge on any atom is -0.211 e. The number of hydrogen-bond donors (Lipinski definition) is 0. The van der Waals surface area contributed by atoms with Gasteiger partial charge in [0, 0.05) is 4.47 Å². The van der Waals surface area contributed by atoms with Gasteiger partial charge in [-0.3, -0.25) is 0 Å². The number of carbonyl (C=O) groups excluding carboxylic acids is 1. The fourth-order valence-electron chi connectivity index (χ4n) is 1.10. The van der Waals surface area contributed by atoms with E-state index in [1.165, 1.54) is 11.6 Å². The highest BCUT2D eigenvalue weighted by molar-refractivity contribution is 9.10. The molecule has 1 rings (SSSR count). The maximum absolute atomic E-state index is 9.88. The molecule has 0 aliphatic rings. The van der Waals surface area contributed by atoms with Crippen LogP contribution in [0.15, 0.2) is 27.7 Å². The van der Waals surface area contributed by atoms with Crippen molar-refractivity contribution >= 4 is 22.0 Å². The molecule has 0 aromatic heterocycles. The molecule has 0 amide bonds. The summed E-state index contributed by atoms with van der Waals surface area (Å²) in [5.74, 6) is 0. The van der Waals surface area contributed by atoms with Crippen LogP contribution in [0.4, 0.5) is 0 Å². The van der Waals surface area contributed by atoms with E-state index in [1.54, 1.807) is 0 Å². The first-order valence-corrected chi connectivity index (χ1v) is 4.88. The summed E-state index contributed by atoms with van der Waals surface area (Å²) in [6.07, 6.45) is 2.52. The molecule has 0 fully saturated rings. The lowest BCUT2D eigenvalue weighted by Gasteiger charge is -2.02. The van der Waals surface area contributed by atoms with Crippen LogP contribution in [0.2, 0.25) is 0 Å². The van der Waals surface area contributed by atoms with Crippen LogP contribution in [0, 0.1) is 0 Å². The predicted molar refractivity (Wildman–Crippen MR) is 55.3 cm³/mol. The second-order valence-corrected chi connectivity index (χ2v) is 3.54. The number of benzene rings is 1. The zero-order valence-corrected chi connectivity index (χ0v) is 8.97. The molecule has 0 atom stereocenters. The highest BCUT2D eigenvalue weighted by Gasteiger charge is 1.98. The lowest BCUT2D eigenvalue weighted by Crippen LogP contribution is -1.86. The number of isocyanates is 1. The minimum absolute atomic E-state index is 0.409. The first kappa shape index (κ1) is 10.2. The Hall–Kier alpha value is -0.920. The largest absolute Gasteiger partial charge is 0.235 e. The normalized spacial score (nSPS) is 9.38. The fraction of sp³-hybridized carbons (Fsp3) is 0.300. The topological polar surface area (TPSA) is 29.4 Å². The quantitative estimate of drug-likeness (QED) is 0.590. The number of halogens is 1. The third-order valence-electron chi connectivity index (χ3n) is 1.82. The Labute approximate surface area is 85.8 Å². The number of aliphatic imine (C=N–C) groups is 1. The summed E-state index contributed by atoms with van der Waals surface area (Å²) in [6, 6.07) is 6.00. The standard InChI is InChI=1S/C10H10BrNO/c1-2-9-4-3-8(5-10(9)11)6-12-7-13/h3-5H,2,6H2,1H3. The van der Waals surface area contributed by atoms with Crippen LogP contribution in [0.3, 0.4) is 0 Å². The molecule has 0 saturated heterocycles. The van der Waals surface area contributed by atoms with Crippen molar-refractivity contribution in [1.29, 1.82) is 0 Å². The third kappa shape index (κ3) is 2.79. The zero-order valence-electron chi connectivity index (χ0n) is 7.38. The summed E-state index contributed by atoms with van der Waals surface area (Å²) >= 11 is 3.46. The molecule has 0 N–H and O–H groups in total. The van der Waals surface area contributed by atoms with Crippen LogP contribution in [-0.2, 0) is 17.8 Å². The molecule has 0 aliphatic heterocycles. The van der Waals surface area contributed by atoms with E-state index in [2.05, 4.69) is 27.8 Å². The molecule has 0 unspecified atom stereocenters. The van der Waals surface area contributed by atoms with Gasteiger partial charge in [0.15, 0.2) is 0 Å². The van der Waals surface area contributed by atoms with E-state index in [0.717, 1.165) is 16.5 Å². The predicted octanol–water partition coefficient (Wildman–Crippen LogP) is 2.85. The minimum atomic E-state index is 0.409. The SMILES string of the molecule is CCc1ccc(CN=C=O)cc1Br. The highest BCUT2D eigenvalue weighted by atomic mass is 79.9. The van der Waals surface area contributed by atoms with Crippen molar-refractivity contribution in [2.24, 2.45) is 4.99 Å². The molecule has 0 heterocycles. The molecule has 2 nitrogen and oxygen atoms in total. The van der Waals surface area contributed by atoms with E-state index in [0.29, 0.717) is 6.54 Å². The third-order valence-corrected chi connectivity index (χ3v) is 2.56. The Kier molecular flexibility index (Phi) is 3.87. The van der Waals surface area contributed by atoms with Gasteiger partial charge in [0.1, 0.15) is 0 Å². The van der Waals surface area contributed by atoms with Crippen LogP contribution >= 0.6 is 15.9 Å². The molecule has 1 aromatic rings. The Morgan fingerprint density at radius 1 is 1.54 bits per heavy atom. The van der Waals surface area contributed by atoms with Crippen molar-refractivity contribution in [2.75, 3.05) is 0 Å². The summed E-state index contributed by atoms with van der Waals surface area (Å²) in [7, 11) is 0. The summed E-state index contributed by atoms with van der Waals surface area (Å²) in [6.45, 7) is 2.51. The van der Waals surface area contributed by atoms with Crippen LogP contribution < -0.4 is 0 Å². The number of nitrogens with zero attached hydrogens (tertiary/aromatic N) is 1. The number of hydrogen-bond acceptors (Lipinski definition) is 2. The summed E-state index contributed by atoms with van der Waals surface area (Å²) in [5, 5.41) is 0. The molecule has 0 spiro atoms. The fourth-order valence-corrected chi connectivity index (χ4v) is 1.81. The smallest absolute Gasteiger partial charge is 0.211 e. The molecule has 1 aromatic carbocycles. The molecular formula is C10H10BrNO. The maximum atomic E-state index is 9.88. The van der Waals surface area contributed by atoms with Crippen molar-refractivity contribution in [3.63, 3.8) is 0 Å². The van der Waals surface area contributed by atoms with E-state index < -0.39 is 0 Å². The van der Waals surface area contributed by atoms with Gasteiger partial charge in [-0.1, -0.05) is 35.0 Å². The Morgan fingerprint density at radius 3 is 2.85 bits per heavy atom. The Bertz CT molecular complexity index is 343. The van der Waals surface area contributed by atoms with Crippen molar-refractivity contribution in [1.82, 2.24) is 0 Å². The zero-order chi connectivity index (χ0) is 9.68. The van der Waals surface area contributed by atoms with Crippen molar-refractivity contribution < 1.29 is 4.79 Å². The van der Waals surface area contributed by atoms with E-state index in [-0.39, 0.29) is 0 Å². The lowest BCUT2D eigenvalue weighted by atomic mass is 10.1. The maximum Gasteiger partial charge on any atom is 0.235 e. The van der Waals surface area contributed by atoms with Gasteiger partial charge >= 0.3 is 0 Å². The average molecular weight is 240 g/mol. The van der Waals surface area contributed by atoms with E-state index >= 15 is 0 Å². The van der Waals surface area contributed by atoms with E-state index in [4.69, 9.17) is 0 Å². The van der Waals surface area contributed by atoms with Gasteiger partial charge < -0.3 is 0 Å². The first-order chi connectivity index (χ1) is 6.27. The number of aryl methyl sites for hydroxylation is 1. The lowest BCUT2D eigenvalue weighted by molar-refractivity contribution is 0.563. The van der Waals surface area contributed by atoms with Crippen molar-refractivity contribution in [3.8, 4) is 0 Å². The Balaban J connectivity index is 2.88. The summed E-state index contributed by atoms with van der Waals surface area (Å²) < 4.78 is 1.08. The molecule has 13 heavy (non-hydrogen) atoms. The monoisotopic (exact) mass is 239 g/mol. The highest BCUT2D eigenvalue weighted by Crippen LogP contribution is 2.19. The average Bonchev–Trinajstić information content (AvgIpc) is 2.15. The summed E-state index contributed by atoms with van der Waals surface area (Å²) in [5.41, 5.74) is 2.28. The molecule has 0 aliphatic carbocycles. The van der Waals surface area contributed by atoms with E-state index in [1.807, 2.05) is 18.2 Å². The van der Waals surface area contributed by atoms with Crippen molar-refractivity contribution in [3.05, 3.63) is 33.8 Å². The van der Waals surface area contributed by atoms with Gasteiger partial charge in [-0.2, -0.15) is 0 Å². The molecular weight excluding hydrogens is 230 g/mol. The molecule has 0 bridgehead atoms. The van der Waals surface area contributed by atoms with Crippen molar-refractivity contribution in [2.45, 2.75) is 19.9 Å². The second kappa shape index (κ2) is 4.95. The van der Waals surface area contributed by atoms with E-state index in [9.17, 15) is 4.79 Å². The molecule has 3 heteroatoms. The first-order valence-electron chi connectivity index (χ1n) is 4.09. The molecule has 0 radical (unpaired) electrons. The van der Waals surface area contributed by atoms with Crippen LogP contribution in [0.1, 0.15) is 18.1 Å². The molecule has 0 saturated carbocycles. The van der Waals surface area contributed by atoms with Gasteiger partial charge in [0.25, 0.3) is 0 Å². The Morgan fingerprint density at radius 2 is 2.31 bits per heavy atom. The van der Waals surface area contributed by atoms with Gasteiger partial charge in [0.05, 0.1) is 6.54 Å².